The quantitative estimate of drug-likeness (QED) is 0.874. The molecular formula is C16H16O2. The lowest BCUT2D eigenvalue weighted by Gasteiger charge is -2.24. The van der Waals surface area contributed by atoms with Crippen molar-refractivity contribution in [1.82, 2.24) is 0 Å². The molecule has 92 valence electrons. The van der Waals surface area contributed by atoms with Gasteiger partial charge in [-0.25, -0.2) is 0 Å². The molecule has 0 bridgehead atoms. The predicted molar refractivity (Wildman–Crippen MR) is 70.8 cm³/mol. The van der Waals surface area contributed by atoms with Crippen molar-refractivity contribution in [1.29, 1.82) is 0 Å². The van der Waals surface area contributed by atoms with E-state index < -0.39 is 5.60 Å². The number of hydrogen-bond donors (Lipinski definition) is 1. The third-order valence-corrected chi connectivity index (χ3v) is 3.79. The molecule has 0 radical (unpaired) electrons. The molecule has 1 aliphatic carbocycles. The Morgan fingerprint density at radius 1 is 1.06 bits per heavy atom. The van der Waals surface area contributed by atoms with Crippen molar-refractivity contribution in [3.05, 3.63) is 65.2 Å². The van der Waals surface area contributed by atoms with E-state index in [1.54, 1.807) is 7.11 Å². The Hall–Kier alpha value is -1.80. The molecule has 0 spiro atoms. The van der Waals surface area contributed by atoms with E-state index in [0.717, 1.165) is 28.9 Å². The van der Waals surface area contributed by atoms with Gasteiger partial charge in [0.1, 0.15) is 11.4 Å². The van der Waals surface area contributed by atoms with Crippen molar-refractivity contribution in [3.8, 4) is 5.75 Å². The Morgan fingerprint density at radius 3 is 2.56 bits per heavy atom. The van der Waals surface area contributed by atoms with Crippen LogP contribution in [0.15, 0.2) is 48.5 Å². The van der Waals surface area contributed by atoms with Crippen molar-refractivity contribution >= 4 is 0 Å². The van der Waals surface area contributed by atoms with Gasteiger partial charge in [0.25, 0.3) is 0 Å². The second-order valence-corrected chi connectivity index (χ2v) is 4.71. The number of rotatable bonds is 2. The highest BCUT2D eigenvalue weighted by Gasteiger charge is 2.39. The Bertz CT molecular complexity index is 563. The minimum Gasteiger partial charge on any atom is -0.496 e. The summed E-state index contributed by atoms with van der Waals surface area (Å²) in [6.07, 6.45) is 1.57. The first kappa shape index (κ1) is 11.3. The third-order valence-electron chi connectivity index (χ3n) is 3.79. The van der Waals surface area contributed by atoms with Crippen LogP contribution in [-0.2, 0) is 12.0 Å². The minimum atomic E-state index is -0.870. The lowest BCUT2D eigenvalue weighted by molar-refractivity contribution is 0.0829. The van der Waals surface area contributed by atoms with Crippen LogP contribution in [0.3, 0.4) is 0 Å². The summed E-state index contributed by atoms with van der Waals surface area (Å²) in [4.78, 5) is 0. The summed E-state index contributed by atoms with van der Waals surface area (Å²) >= 11 is 0. The van der Waals surface area contributed by atoms with Gasteiger partial charge in [-0.15, -0.1) is 0 Å². The number of benzene rings is 2. The maximum absolute atomic E-state index is 11.0. The fraction of sp³-hybridized carbons (Fsp3) is 0.250. The van der Waals surface area contributed by atoms with Gasteiger partial charge in [-0.3, -0.25) is 0 Å². The summed E-state index contributed by atoms with van der Waals surface area (Å²) in [5.41, 5.74) is 2.20. The summed E-state index contributed by atoms with van der Waals surface area (Å²) in [6.45, 7) is 0. The van der Waals surface area contributed by atoms with Crippen LogP contribution in [0.2, 0.25) is 0 Å². The lowest BCUT2D eigenvalue weighted by atomic mass is 9.88. The van der Waals surface area contributed by atoms with E-state index in [1.165, 1.54) is 0 Å². The molecule has 0 heterocycles. The fourth-order valence-corrected chi connectivity index (χ4v) is 2.86. The van der Waals surface area contributed by atoms with Crippen LogP contribution in [0.5, 0.6) is 5.75 Å². The molecular weight excluding hydrogens is 224 g/mol. The summed E-state index contributed by atoms with van der Waals surface area (Å²) in [6, 6.07) is 15.7. The van der Waals surface area contributed by atoms with Crippen LogP contribution in [0.4, 0.5) is 0 Å². The van der Waals surface area contributed by atoms with Gasteiger partial charge in [0, 0.05) is 5.56 Å². The van der Waals surface area contributed by atoms with E-state index in [1.807, 2.05) is 48.5 Å². The average molecular weight is 240 g/mol. The van der Waals surface area contributed by atoms with Crippen molar-refractivity contribution < 1.29 is 9.84 Å². The first-order valence-electron chi connectivity index (χ1n) is 6.20. The summed E-state index contributed by atoms with van der Waals surface area (Å²) in [7, 11) is 1.68. The zero-order chi connectivity index (χ0) is 12.6. The maximum atomic E-state index is 11.0. The molecule has 2 heteroatoms. The van der Waals surface area contributed by atoms with E-state index in [2.05, 4.69) is 0 Å². The Morgan fingerprint density at radius 2 is 1.83 bits per heavy atom. The molecule has 3 rings (SSSR count). The lowest BCUT2D eigenvalue weighted by Crippen LogP contribution is -2.23. The molecule has 0 aromatic heterocycles. The normalized spacial score (nSPS) is 21.7. The summed E-state index contributed by atoms with van der Waals surface area (Å²) < 4.78 is 5.38. The van der Waals surface area contributed by atoms with Crippen molar-refractivity contribution in [3.63, 3.8) is 0 Å². The monoisotopic (exact) mass is 240 g/mol. The molecule has 1 atom stereocenters. The van der Waals surface area contributed by atoms with E-state index >= 15 is 0 Å². The summed E-state index contributed by atoms with van der Waals surface area (Å²) in [5, 5.41) is 11.0. The van der Waals surface area contributed by atoms with E-state index in [0.29, 0.717) is 6.42 Å². The second kappa shape index (κ2) is 4.14. The van der Waals surface area contributed by atoms with Crippen LogP contribution in [0.1, 0.15) is 23.1 Å². The SMILES string of the molecule is COc1cccc2c1CC[C@]2(O)c1ccccc1. The molecule has 0 unspecified atom stereocenters. The van der Waals surface area contributed by atoms with Gasteiger partial charge < -0.3 is 9.84 Å². The van der Waals surface area contributed by atoms with E-state index in [-0.39, 0.29) is 0 Å². The Balaban J connectivity index is 2.15. The molecule has 0 saturated heterocycles. The number of ether oxygens (including phenoxy) is 1. The Labute approximate surface area is 107 Å². The van der Waals surface area contributed by atoms with E-state index in [4.69, 9.17) is 4.74 Å². The van der Waals surface area contributed by atoms with Crippen LogP contribution >= 0.6 is 0 Å². The summed E-state index contributed by atoms with van der Waals surface area (Å²) in [5.74, 6) is 0.874. The van der Waals surface area contributed by atoms with E-state index in [9.17, 15) is 5.11 Å². The smallest absolute Gasteiger partial charge is 0.122 e. The second-order valence-electron chi connectivity index (χ2n) is 4.71. The van der Waals surface area contributed by atoms with Gasteiger partial charge in [-0.1, -0.05) is 42.5 Å². The predicted octanol–water partition coefficient (Wildman–Crippen LogP) is 2.88. The fourth-order valence-electron chi connectivity index (χ4n) is 2.86. The standard InChI is InChI=1S/C16H16O2/c1-18-15-9-5-8-14-13(15)10-11-16(14,17)12-6-3-2-4-7-12/h2-9,17H,10-11H2,1H3/t16-/m0/s1. The number of aliphatic hydroxyl groups is 1. The van der Waals surface area contributed by atoms with Crippen LogP contribution in [0.25, 0.3) is 0 Å². The van der Waals surface area contributed by atoms with Gasteiger partial charge in [0.05, 0.1) is 7.11 Å². The van der Waals surface area contributed by atoms with Crippen LogP contribution < -0.4 is 4.74 Å². The maximum Gasteiger partial charge on any atom is 0.122 e. The molecule has 0 saturated carbocycles. The number of hydrogen-bond acceptors (Lipinski definition) is 2. The highest BCUT2D eigenvalue weighted by atomic mass is 16.5. The molecule has 1 N–H and O–H groups in total. The molecule has 2 aromatic carbocycles. The molecule has 0 aliphatic heterocycles. The largest absolute Gasteiger partial charge is 0.496 e. The molecule has 18 heavy (non-hydrogen) atoms. The highest BCUT2D eigenvalue weighted by Crippen LogP contribution is 2.44. The first-order chi connectivity index (χ1) is 8.75. The van der Waals surface area contributed by atoms with Crippen molar-refractivity contribution in [2.24, 2.45) is 0 Å². The zero-order valence-electron chi connectivity index (χ0n) is 10.4. The van der Waals surface area contributed by atoms with Crippen molar-refractivity contribution in [2.45, 2.75) is 18.4 Å². The van der Waals surface area contributed by atoms with Gasteiger partial charge in [0.2, 0.25) is 0 Å². The molecule has 2 nitrogen and oxygen atoms in total. The van der Waals surface area contributed by atoms with Crippen LogP contribution in [-0.4, -0.2) is 12.2 Å². The first-order valence-corrected chi connectivity index (χ1v) is 6.20. The molecule has 1 aliphatic rings. The molecule has 2 aromatic rings. The minimum absolute atomic E-state index is 0.715. The zero-order valence-corrected chi connectivity index (χ0v) is 10.4. The topological polar surface area (TPSA) is 29.5 Å². The molecule has 0 amide bonds. The van der Waals surface area contributed by atoms with Crippen molar-refractivity contribution in [2.75, 3.05) is 7.11 Å². The van der Waals surface area contributed by atoms with Gasteiger partial charge in [-0.2, -0.15) is 0 Å². The Kier molecular flexibility index (Phi) is 2.60. The number of fused-ring (bicyclic) bond motifs is 1. The van der Waals surface area contributed by atoms with Gasteiger partial charge >= 0.3 is 0 Å². The average Bonchev–Trinajstić information content (AvgIpc) is 2.79. The van der Waals surface area contributed by atoms with Crippen LogP contribution in [0, 0.1) is 0 Å². The molecule has 0 fully saturated rings. The highest BCUT2D eigenvalue weighted by molar-refractivity contribution is 5.51. The van der Waals surface area contributed by atoms with Gasteiger partial charge in [-0.05, 0) is 30.0 Å². The van der Waals surface area contributed by atoms with Gasteiger partial charge in [0.15, 0.2) is 0 Å². The third kappa shape index (κ3) is 1.53. The number of methoxy groups -OCH3 is 1.